The largest absolute Gasteiger partial charge is 0.480 e. The van der Waals surface area contributed by atoms with E-state index < -0.39 is 5.97 Å². The second kappa shape index (κ2) is 7.73. The molecule has 0 rings (SSSR count). The van der Waals surface area contributed by atoms with Crippen molar-refractivity contribution in [1.82, 2.24) is 4.90 Å². The Hall–Kier alpha value is 0.625. The number of aliphatic carboxylic acids is 1. The second-order valence-electron chi connectivity index (χ2n) is 1.86. The average molecular weight is 270 g/mol. The first-order chi connectivity index (χ1) is 4.20. The zero-order valence-electron chi connectivity index (χ0n) is 6.50. The van der Waals surface area contributed by atoms with Crippen LogP contribution in [0.15, 0.2) is 0 Å². The van der Waals surface area contributed by atoms with Crippen LogP contribution in [0.2, 0.25) is 0 Å². The van der Waals surface area contributed by atoms with Crippen LogP contribution in [-0.4, -0.2) is 35.6 Å². The molecule has 0 aliphatic rings. The molecule has 0 bridgehead atoms. The number of likely N-dealkylation sites (N-methyl/N-ethyl adjacent to an activating group) is 1. The molecule has 0 spiro atoms. The number of carboxylic acids is 1. The van der Waals surface area contributed by atoms with Crippen LogP contribution in [-0.2, 0) is 4.79 Å². The smallest absolute Gasteiger partial charge is 0.317 e. The van der Waals surface area contributed by atoms with Crippen molar-refractivity contribution in [3.63, 3.8) is 0 Å². The summed E-state index contributed by atoms with van der Waals surface area (Å²) in [5.41, 5.74) is 0. The van der Waals surface area contributed by atoms with E-state index in [9.17, 15) is 4.79 Å². The van der Waals surface area contributed by atoms with Gasteiger partial charge in [-0.3, -0.25) is 9.69 Å². The molecule has 3 nitrogen and oxygen atoms in total. The summed E-state index contributed by atoms with van der Waals surface area (Å²) >= 11 is 0. The van der Waals surface area contributed by atoms with E-state index in [2.05, 4.69) is 0 Å². The van der Waals surface area contributed by atoms with Gasteiger partial charge in [0, 0.05) is 35.6 Å². The molecule has 0 aromatic rings. The van der Waals surface area contributed by atoms with Crippen LogP contribution in [0.5, 0.6) is 0 Å². The first-order valence-electron chi connectivity index (χ1n) is 3.14. The average Bonchev–Trinajstić information content (AvgIpc) is 1.82. The van der Waals surface area contributed by atoms with Crippen LogP contribution < -0.4 is 0 Å². The molecule has 0 fully saturated rings. The summed E-state index contributed by atoms with van der Waals surface area (Å²) in [4.78, 5) is 11.9. The van der Waals surface area contributed by atoms with Crippen molar-refractivity contribution in [3.05, 3.63) is 0 Å². The van der Waals surface area contributed by atoms with Crippen LogP contribution in [0.4, 0.5) is 0 Å². The van der Waals surface area contributed by atoms with Crippen LogP contribution in [0.25, 0.3) is 0 Å². The molecule has 57 valence electrons. The fourth-order valence-corrected chi connectivity index (χ4v) is 0.639. The molecule has 0 aliphatic carbocycles. The Kier molecular flexibility index (Phi) is 10.2. The Morgan fingerprint density at radius 2 is 1.80 bits per heavy atom. The van der Waals surface area contributed by atoms with Crippen molar-refractivity contribution < 1.29 is 45.5 Å². The third kappa shape index (κ3) is 6.74. The molecule has 4 heteroatoms. The van der Waals surface area contributed by atoms with Crippen molar-refractivity contribution in [2.45, 2.75) is 13.8 Å². The van der Waals surface area contributed by atoms with Gasteiger partial charge in [0.2, 0.25) is 0 Å². The first-order valence-corrected chi connectivity index (χ1v) is 3.14. The number of rotatable bonds is 4. The van der Waals surface area contributed by atoms with Gasteiger partial charge in [0.15, 0.2) is 0 Å². The molecule has 0 unspecified atom stereocenters. The Bertz CT molecular complexity index is 93.7. The minimum absolute atomic E-state index is 0. The zero-order chi connectivity index (χ0) is 7.28. The molecule has 0 amide bonds. The van der Waals surface area contributed by atoms with Gasteiger partial charge in [0.05, 0.1) is 6.54 Å². The van der Waals surface area contributed by atoms with E-state index in [1.807, 2.05) is 18.7 Å². The Morgan fingerprint density at radius 3 is 1.90 bits per heavy atom. The maximum absolute atomic E-state index is 10.1. The molecule has 0 aromatic heterocycles. The molecule has 0 atom stereocenters. The van der Waals surface area contributed by atoms with E-state index in [0.717, 1.165) is 13.1 Å². The van der Waals surface area contributed by atoms with E-state index in [1.165, 1.54) is 0 Å². The topological polar surface area (TPSA) is 40.5 Å². The number of hydrogen-bond donors (Lipinski definition) is 1. The molecular formula is C6H13LaNO2. The molecular weight excluding hydrogens is 257 g/mol. The summed E-state index contributed by atoms with van der Waals surface area (Å²) in [6, 6.07) is 0. The van der Waals surface area contributed by atoms with Gasteiger partial charge in [0.25, 0.3) is 0 Å². The van der Waals surface area contributed by atoms with E-state index in [1.54, 1.807) is 0 Å². The molecule has 0 aromatic carbocycles. The van der Waals surface area contributed by atoms with Crippen LogP contribution in [0, 0.1) is 35.6 Å². The molecule has 10 heavy (non-hydrogen) atoms. The van der Waals surface area contributed by atoms with Crippen molar-refractivity contribution >= 4 is 5.97 Å². The monoisotopic (exact) mass is 270 g/mol. The van der Waals surface area contributed by atoms with Gasteiger partial charge in [-0.2, -0.15) is 0 Å². The quantitative estimate of drug-likeness (QED) is 0.804. The third-order valence-corrected chi connectivity index (χ3v) is 1.25. The SMILES string of the molecule is CCN(CC)CC(=O)O.[La]. The Labute approximate surface area is 89.4 Å². The fraction of sp³-hybridized carbons (Fsp3) is 0.833. The molecule has 1 radical (unpaired) electrons. The first kappa shape index (κ1) is 13.2. The summed E-state index contributed by atoms with van der Waals surface area (Å²) in [5.74, 6) is -0.751. The number of hydrogen-bond acceptors (Lipinski definition) is 2. The van der Waals surface area contributed by atoms with Crippen LogP contribution >= 0.6 is 0 Å². The van der Waals surface area contributed by atoms with Gasteiger partial charge in [-0.1, -0.05) is 13.8 Å². The number of nitrogens with zero attached hydrogens (tertiary/aromatic N) is 1. The van der Waals surface area contributed by atoms with Crippen LogP contribution in [0.1, 0.15) is 13.8 Å². The van der Waals surface area contributed by atoms with E-state index in [4.69, 9.17) is 5.11 Å². The minimum Gasteiger partial charge on any atom is -0.480 e. The summed E-state index contributed by atoms with van der Waals surface area (Å²) in [6.07, 6.45) is 0. The van der Waals surface area contributed by atoms with Gasteiger partial charge in [0.1, 0.15) is 0 Å². The summed E-state index contributed by atoms with van der Waals surface area (Å²) < 4.78 is 0. The maximum Gasteiger partial charge on any atom is 0.317 e. The van der Waals surface area contributed by atoms with Gasteiger partial charge in [-0.05, 0) is 13.1 Å². The minimum atomic E-state index is -0.751. The summed E-state index contributed by atoms with van der Waals surface area (Å²) in [7, 11) is 0. The predicted molar refractivity (Wildman–Crippen MR) is 35.4 cm³/mol. The standard InChI is InChI=1S/C6H13NO2.La/c1-3-7(4-2)5-6(8)9;/h3-5H2,1-2H3,(H,8,9);. The molecule has 0 saturated heterocycles. The number of carbonyl (C=O) groups is 1. The van der Waals surface area contributed by atoms with Crippen molar-refractivity contribution in [2.24, 2.45) is 0 Å². The third-order valence-electron chi connectivity index (χ3n) is 1.25. The maximum atomic E-state index is 10.1. The van der Waals surface area contributed by atoms with Crippen molar-refractivity contribution in [3.8, 4) is 0 Å². The summed E-state index contributed by atoms with van der Waals surface area (Å²) in [5, 5.41) is 8.30. The van der Waals surface area contributed by atoms with Gasteiger partial charge in [-0.25, -0.2) is 0 Å². The van der Waals surface area contributed by atoms with E-state index in [0.29, 0.717) is 0 Å². The normalized spacial score (nSPS) is 9.10. The Balaban J connectivity index is 0. The van der Waals surface area contributed by atoms with Gasteiger partial charge >= 0.3 is 5.97 Å². The molecule has 0 aliphatic heterocycles. The second-order valence-corrected chi connectivity index (χ2v) is 1.86. The van der Waals surface area contributed by atoms with Crippen LogP contribution in [0.3, 0.4) is 0 Å². The van der Waals surface area contributed by atoms with Crippen molar-refractivity contribution in [2.75, 3.05) is 19.6 Å². The van der Waals surface area contributed by atoms with Crippen molar-refractivity contribution in [1.29, 1.82) is 0 Å². The van der Waals surface area contributed by atoms with Gasteiger partial charge in [-0.15, -0.1) is 0 Å². The van der Waals surface area contributed by atoms with E-state index in [-0.39, 0.29) is 42.1 Å². The zero-order valence-corrected chi connectivity index (χ0v) is 10.1. The molecule has 1 N–H and O–H groups in total. The molecule has 0 heterocycles. The Morgan fingerprint density at radius 1 is 1.40 bits per heavy atom. The molecule has 0 saturated carbocycles. The van der Waals surface area contributed by atoms with E-state index >= 15 is 0 Å². The fourth-order valence-electron chi connectivity index (χ4n) is 0.639. The van der Waals surface area contributed by atoms with Gasteiger partial charge < -0.3 is 5.11 Å². The number of carboxylic acid groups (broad SMARTS) is 1. The predicted octanol–water partition coefficient (Wildman–Crippen LogP) is 0.413. The summed E-state index contributed by atoms with van der Waals surface area (Å²) in [6.45, 7) is 5.68.